The van der Waals surface area contributed by atoms with E-state index in [1.54, 1.807) is 24.5 Å². The largest absolute Gasteiger partial charge is 0.397 e. The fourth-order valence-corrected chi connectivity index (χ4v) is 3.01. The molecule has 120 valence electrons. The topological polar surface area (TPSA) is 84.1 Å². The number of amides is 1. The van der Waals surface area contributed by atoms with E-state index in [4.69, 9.17) is 5.73 Å². The Balaban J connectivity index is 1.85. The molecule has 0 radical (unpaired) electrons. The van der Waals surface area contributed by atoms with Gasteiger partial charge in [0.15, 0.2) is 5.69 Å². The quantitative estimate of drug-likeness (QED) is 0.805. The number of hydrogen-bond acceptors (Lipinski definition) is 5. The number of carbonyl (C=O) groups excluding carboxylic acids is 1. The molecule has 2 aromatic rings. The first-order valence-corrected chi connectivity index (χ1v) is 8.37. The summed E-state index contributed by atoms with van der Waals surface area (Å²) in [5.41, 5.74) is 8.07. The van der Waals surface area contributed by atoms with E-state index in [9.17, 15) is 4.79 Å². The highest BCUT2D eigenvalue weighted by Gasteiger charge is 2.18. The van der Waals surface area contributed by atoms with Gasteiger partial charge in [0.2, 0.25) is 0 Å². The summed E-state index contributed by atoms with van der Waals surface area (Å²) in [6.07, 6.45) is 6.98. The van der Waals surface area contributed by atoms with Crippen LogP contribution in [0.25, 0.3) is 0 Å². The van der Waals surface area contributed by atoms with Crippen LogP contribution < -0.4 is 16.0 Å². The molecule has 0 bridgehead atoms. The first-order chi connectivity index (χ1) is 11.1. The van der Waals surface area contributed by atoms with Crippen molar-refractivity contribution < 1.29 is 4.79 Å². The highest BCUT2D eigenvalue weighted by molar-refractivity contribution is 9.10. The van der Waals surface area contributed by atoms with Crippen LogP contribution in [0.1, 0.15) is 29.8 Å². The number of nitrogens with one attached hydrogen (secondary N) is 1. The normalized spacial score (nSPS) is 14.6. The van der Waals surface area contributed by atoms with Crippen LogP contribution in [0.4, 0.5) is 17.1 Å². The van der Waals surface area contributed by atoms with Gasteiger partial charge in [-0.3, -0.25) is 9.78 Å². The van der Waals surface area contributed by atoms with Gasteiger partial charge in [0.05, 0.1) is 23.3 Å². The highest BCUT2D eigenvalue weighted by Crippen LogP contribution is 2.28. The van der Waals surface area contributed by atoms with Gasteiger partial charge in [-0.1, -0.05) is 0 Å². The van der Waals surface area contributed by atoms with Gasteiger partial charge in [-0.15, -0.1) is 0 Å². The molecule has 0 aliphatic carbocycles. The van der Waals surface area contributed by atoms with Crippen molar-refractivity contribution in [2.45, 2.75) is 19.3 Å². The summed E-state index contributed by atoms with van der Waals surface area (Å²) in [6.45, 7) is 1.98. The maximum absolute atomic E-state index is 12.5. The van der Waals surface area contributed by atoms with Crippen molar-refractivity contribution in [1.29, 1.82) is 0 Å². The van der Waals surface area contributed by atoms with Gasteiger partial charge in [-0.05, 0) is 53.4 Å². The van der Waals surface area contributed by atoms with Crippen LogP contribution in [-0.2, 0) is 0 Å². The van der Waals surface area contributed by atoms with Gasteiger partial charge in [-0.2, -0.15) is 0 Å². The van der Waals surface area contributed by atoms with Crippen LogP contribution in [0, 0.1) is 0 Å². The van der Waals surface area contributed by atoms with E-state index in [-0.39, 0.29) is 11.6 Å². The van der Waals surface area contributed by atoms with E-state index in [1.165, 1.54) is 6.42 Å². The van der Waals surface area contributed by atoms with Crippen molar-refractivity contribution in [2.75, 3.05) is 29.0 Å². The Morgan fingerprint density at radius 2 is 2.00 bits per heavy atom. The number of rotatable bonds is 3. The molecule has 1 aliphatic rings. The first-order valence-electron chi connectivity index (χ1n) is 7.57. The van der Waals surface area contributed by atoms with Crippen LogP contribution in [0.2, 0.25) is 0 Å². The van der Waals surface area contributed by atoms with Crippen LogP contribution in [0.15, 0.2) is 35.2 Å². The molecule has 2 aromatic heterocycles. The molecular weight excluding hydrogens is 358 g/mol. The van der Waals surface area contributed by atoms with E-state index in [1.807, 2.05) is 6.07 Å². The summed E-state index contributed by atoms with van der Waals surface area (Å²) >= 11 is 3.26. The number of hydrogen-bond donors (Lipinski definition) is 2. The molecule has 0 saturated carbocycles. The summed E-state index contributed by atoms with van der Waals surface area (Å²) in [7, 11) is 0. The Labute approximate surface area is 143 Å². The maximum Gasteiger partial charge on any atom is 0.276 e. The lowest BCUT2D eigenvalue weighted by atomic mass is 10.1. The van der Waals surface area contributed by atoms with Gasteiger partial charge in [0.1, 0.15) is 4.60 Å². The molecule has 0 spiro atoms. The number of nitrogen functional groups attached to an aromatic ring is 1. The fraction of sp³-hybridized carbons (Fsp3) is 0.312. The average Bonchev–Trinajstić information content (AvgIpc) is 2.58. The van der Waals surface area contributed by atoms with Crippen LogP contribution >= 0.6 is 15.9 Å². The standard InChI is InChI=1S/C16H18BrN5O/c17-14-5-4-11(18)15(21-14)16(23)20-12-10-19-7-6-13(12)22-8-2-1-3-9-22/h4-7,10H,1-3,8-9,18H2,(H,20,23). The van der Waals surface area contributed by atoms with Crippen molar-refractivity contribution in [3.05, 3.63) is 40.9 Å². The molecular formula is C16H18BrN5O. The number of anilines is 3. The molecule has 1 amide bonds. The lowest BCUT2D eigenvalue weighted by Crippen LogP contribution is -2.30. The molecule has 3 N–H and O–H groups in total. The van der Waals surface area contributed by atoms with Gasteiger partial charge in [0, 0.05) is 19.3 Å². The predicted molar refractivity (Wildman–Crippen MR) is 94.6 cm³/mol. The second-order valence-electron chi connectivity index (χ2n) is 5.47. The lowest BCUT2D eigenvalue weighted by Gasteiger charge is -2.30. The molecule has 1 fully saturated rings. The second-order valence-corrected chi connectivity index (χ2v) is 6.28. The molecule has 3 heterocycles. The number of halogens is 1. The van der Waals surface area contributed by atoms with Crippen molar-refractivity contribution in [1.82, 2.24) is 9.97 Å². The summed E-state index contributed by atoms with van der Waals surface area (Å²) < 4.78 is 0.569. The number of pyridine rings is 2. The third-order valence-electron chi connectivity index (χ3n) is 3.85. The molecule has 1 aliphatic heterocycles. The van der Waals surface area contributed by atoms with Crippen LogP contribution in [0.3, 0.4) is 0 Å². The van der Waals surface area contributed by atoms with E-state index in [0.29, 0.717) is 16.0 Å². The molecule has 7 heteroatoms. The Hall–Kier alpha value is -2.15. The SMILES string of the molecule is Nc1ccc(Br)nc1C(=O)Nc1cnccc1N1CCCCC1. The number of aromatic nitrogens is 2. The maximum atomic E-state index is 12.5. The number of nitrogens with two attached hydrogens (primary N) is 1. The predicted octanol–water partition coefficient (Wildman–Crippen LogP) is 3.06. The lowest BCUT2D eigenvalue weighted by molar-refractivity contribution is 0.102. The minimum atomic E-state index is -0.338. The highest BCUT2D eigenvalue weighted by atomic mass is 79.9. The number of carbonyl (C=O) groups is 1. The van der Waals surface area contributed by atoms with Crippen molar-refractivity contribution in [2.24, 2.45) is 0 Å². The zero-order valence-electron chi connectivity index (χ0n) is 12.6. The van der Waals surface area contributed by atoms with Gasteiger partial charge in [-0.25, -0.2) is 4.98 Å². The molecule has 0 aromatic carbocycles. The summed E-state index contributed by atoms with van der Waals surface area (Å²) in [4.78, 5) is 23.1. The molecule has 0 atom stereocenters. The second kappa shape index (κ2) is 6.95. The molecule has 23 heavy (non-hydrogen) atoms. The van der Waals surface area contributed by atoms with Crippen molar-refractivity contribution in [3.8, 4) is 0 Å². The summed E-state index contributed by atoms with van der Waals surface area (Å²) in [6, 6.07) is 5.29. The summed E-state index contributed by atoms with van der Waals surface area (Å²) in [5.74, 6) is -0.338. The van der Waals surface area contributed by atoms with Crippen LogP contribution in [0.5, 0.6) is 0 Å². The van der Waals surface area contributed by atoms with E-state index >= 15 is 0 Å². The first kappa shape index (κ1) is 15.7. The minimum Gasteiger partial charge on any atom is -0.397 e. The Kier molecular flexibility index (Phi) is 4.76. The van der Waals surface area contributed by atoms with E-state index < -0.39 is 0 Å². The molecule has 3 rings (SSSR count). The monoisotopic (exact) mass is 375 g/mol. The van der Waals surface area contributed by atoms with Gasteiger partial charge < -0.3 is 16.0 Å². The fourth-order valence-electron chi connectivity index (χ4n) is 2.70. The summed E-state index contributed by atoms with van der Waals surface area (Å²) in [5, 5.41) is 2.89. The third-order valence-corrected chi connectivity index (χ3v) is 4.29. The average molecular weight is 376 g/mol. The smallest absolute Gasteiger partial charge is 0.276 e. The number of nitrogens with zero attached hydrogens (tertiary/aromatic N) is 3. The Bertz CT molecular complexity index is 715. The molecule has 1 saturated heterocycles. The number of piperidine rings is 1. The van der Waals surface area contributed by atoms with Crippen molar-refractivity contribution >= 4 is 38.9 Å². The zero-order valence-corrected chi connectivity index (χ0v) is 14.2. The Morgan fingerprint density at radius 3 is 2.78 bits per heavy atom. The zero-order chi connectivity index (χ0) is 16.2. The van der Waals surface area contributed by atoms with Gasteiger partial charge in [0.25, 0.3) is 5.91 Å². The minimum absolute atomic E-state index is 0.202. The molecule has 0 unspecified atom stereocenters. The molecule has 6 nitrogen and oxygen atoms in total. The van der Waals surface area contributed by atoms with Crippen LogP contribution in [-0.4, -0.2) is 29.0 Å². The third kappa shape index (κ3) is 3.61. The van der Waals surface area contributed by atoms with E-state index in [2.05, 4.69) is 36.1 Å². The Morgan fingerprint density at radius 1 is 1.22 bits per heavy atom. The van der Waals surface area contributed by atoms with Crippen molar-refractivity contribution in [3.63, 3.8) is 0 Å². The van der Waals surface area contributed by atoms with Gasteiger partial charge >= 0.3 is 0 Å². The van der Waals surface area contributed by atoms with E-state index in [0.717, 1.165) is 31.6 Å².